The highest BCUT2D eigenvalue weighted by Crippen LogP contribution is 2.11. The SMILES string of the molecule is Cc1ccc(OCCN(C)S(=O)(=O)CCCC#N)cc1. The lowest BCUT2D eigenvalue weighted by molar-refractivity contribution is 0.287. The van der Waals surface area contributed by atoms with Crippen molar-refractivity contribution in [1.82, 2.24) is 4.31 Å². The van der Waals surface area contributed by atoms with Crippen LogP contribution in [0.25, 0.3) is 0 Å². The summed E-state index contributed by atoms with van der Waals surface area (Å²) in [6.45, 7) is 2.59. The van der Waals surface area contributed by atoms with Gasteiger partial charge in [0.15, 0.2) is 0 Å². The minimum absolute atomic E-state index is 0.00158. The molecule has 0 atom stereocenters. The first kappa shape index (κ1) is 16.5. The number of nitrogens with zero attached hydrogens (tertiary/aromatic N) is 2. The van der Waals surface area contributed by atoms with Crippen molar-refractivity contribution in [2.75, 3.05) is 26.0 Å². The molecule has 0 saturated heterocycles. The molecule has 1 rings (SSSR count). The van der Waals surface area contributed by atoms with Gasteiger partial charge in [-0.15, -0.1) is 0 Å². The molecule has 0 amide bonds. The first-order valence-corrected chi connectivity index (χ1v) is 8.07. The fraction of sp³-hybridized carbons (Fsp3) is 0.500. The summed E-state index contributed by atoms with van der Waals surface area (Å²) in [5.74, 6) is 0.729. The van der Waals surface area contributed by atoms with Gasteiger partial charge in [0.25, 0.3) is 0 Å². The zero-order valence-corrected chi connectivity index (χ0v) is 12.7. The van der Waals surface area contributed by atoms with Gasteiger partial charge in [0.2, 0.25) is 10.0 Å². The van der Waals surface area contributed by atoms with E-state index >= 15 is 0 Å². The van der Waals surface area contributed by atoms with Crippen molar-refractivity contribution in [1.29, 1.82) is 5.26 Å². The molecule has 0 aromatic heterocycles. The molecule has 0 fully saturated rings. The van der Waals surface area contributed by atoms with Gasteiger partial charge in [0, 0.05) is 20.0 Å². The molecule has 1 aromatic rings. The van der Waals surface area contributed by atoms with Gasteiger partial charge in [0.1, 0.15) is 12.4 Å². The number of hydrogen-bond donors (Lipinski definition) is 0. The maximum absolute atomic E-state index is 11.9. The second-order valence-electron chi connectivity index (χ2n) is 4.56. The topological polar surface area (TPSA) is 70.4 Å². The van der Waals surface area contributed by atoms with Gasteiger partial charge in [-0.05, 0) is 25.5 Å². The van der Waals surface area contributed by atoms with Gasteiger partial charge >= 0.3 is 0 Å². The summed E-state index contributed by atoms with van der Waals surface area (Å²) in [5.41, 5.74) is 1.15. The number of hydrogen-bond acceptors (Lipinski definition) is 4. The predicted octanol–water partition coefficient (Wildman–Crippen LogP) is 1.94. The summed E-state index contributed by atoms with van der Waals surface area (Å²) >= 11 is 0. The van der Waals surface area contributed by atoms with Gasteiger partial charge in [-0.1, -0.05) is 17.7 Å². The van der Waals surface area contributed by atoms with E-state index in [1.54, 1.807) is 0 Å². The van der Waals surface area contributed by atoms with Crippen LogP contribution in [-0.4, -0.2) is 38.7 Å². The van der Waals surface area contributed by atoms with Crippen molar-refractivity contribution >= 4 is 10.0 Å². The third-order valence-electron chi connectivity index (χ3n) is 2.86. The van der Waals surface area contributed by atoms with Gasteiger partial charge < -0.3 is 4.74 Å². The van der Waals surface area contributed by atoms with Gasteiger partial charge in [-0.2, -0.15) is 5.26 Å². The Morgan fingerprint density at radius 1 is 1.30 bits per heavy atom. The Kier molecular flexibility index (Phi) is 6.49. The molecule has 6 heteroatoms. The van der Waals surface area contributed by atoms with Gasteiger partial charge in [-0.3, -0.25) is 0 Å². The first-order valence-electron chi connectivity index (χ1n) is 6.46. The Morgan fingerprint density at radius 2 is 1.95 bits per heavy atom. The molecule has 110 valence electrons. The molecule has 0 aliphatic carbocycles. The van der Waals surface area contributed by atoms with Crippen LogP contribution in [0.5, 0.6) is 5.75 Å². The van der Waals surface area contributed by atoms with Crippen LogP contribution < -0.4 is 4.74 Å². The second kappa shape index (κ2) is 7.88. The zero-order valence-electron chi connectivity index (χ0n) is 11.9. The Labute approximate surface area is 120 Å². The van der Waals surface area contributed by atoms with Gasteiger partial charge in [0.05, 0.1) is 11.8 Å². The van der Waals surface area contributed by atoms with E-state index in [0.29, 0.717) is 19.6 Å². The highest BCUT2D eigenvalue weighted by Gasteiger charge is 2.16. The zero-order chi connectivity index (χ0) is 15.0. The van der Waals surface area contributed by atoms with Crippen molar-refractivity contribution in [2.24, 2.45) is 0 Å². The standard InChI is InChI=1S/C14H20N2O3S/c1-13-5-7-14(8-6-13)19-11-10-16(2)20(17,18)12-4-3-9-15/h5-8H,3-4,10-12H2,1-2H3. The highest BCUT2D eigenvalue weighted by atomic mass is 32.2. The van der Waals surface area contributed by atoms with Crippen LogP contribution in [0.4, 0.5) is 0 Å². The van der Waals surface area contributed by atoms with Crippen molar-refractivity contribution in [3.63, 3.8) is 0 Å². The van der Waals surface area contributed by atoms with E-state index < -0.39 is 10.0 Å². The number of rotatable bonds is 8. The van der Waals surface area contributed by atoms with Crippen LogP contribution in [0.2, 0.25) is 0 Å². The third kappa shape index (κ3) is 5.59. The molecular weight excluding hydrogens is 276 g/mol. The molecule has 0 unspecified atom stereocenters. The van der Waals surface area contributed by atoms with Crippen molar-refractivity contribution < 1.29 is 13.2 Å². The van der Waals surface area contributed by atoms with Crippen molar-refractivity contribution in [3.05, 3.63) is 29.8 Å². The Balaban J connectivity index is 2.37. The minimum Gasteiger partial charge on any atom is -0.492 e. The predicted molar refractivity (Wildman–Crippen MR) is 77.9 cm³/mol. The lowest BCUT2D eigenvalue weighted by Crippen LogP contribution is -2.32. The Morgan fingerprint density at radius 3 is 2.55 bits per heavy atom. The summed E-state index contributed by atoms with van der Waals surface area (Å²) < 4.78 is 30.5. The largest absolute Gasteiger partial charge is 0.492 e. The fourth-order valence-corrected chi connectivity index (χ4v) is 2.73. The molecule has 0 saturated carbocycles. The summed E-state index contributed by atoms with van der Waals surface area (Å²) in [7, 11) is -1.76. The molecule has 0 bridgehead atoms. The monoisotopic (exact) mass is 296 g/mol. The van der Waals surface area contributed by atoms with E-state index in [1.165, 1.54) is 11.4 Å². The molecular formula is C14H20N2O3S. The molecule has 5 nitrogen and oxygen atoms in total. The Hall–Kier alpha value is -1.58. The number of ether oxygens (including phenoxy) is 1. The lowest BCUT2D eigenvalue weighted by Gasteiger charge is -2.17. The second-order valence-corrected chi connectivity index (χ2v) is 6.76. The molecule has 0 spiro atoms. The Bertz CT molecular complexity index is 547. The van der Waals surface area contributed by atoms with Crippen molar-refractivity contribution in [2.45, 2.75) is 19.8 Å². The number of sulfonamides is 1. The van der Waals surface area contributed by atoms with Crippen molar-refractivity contribution in [3.8, 4) is 11.8 Å². The third-order valence-corrected chi connectivity index (χ3v) is 4.80. The summed E-state index contributed by atoms with van der Waals surface area (Å²) in [4.78, 5) is 0. The first-order chi connectivity index (χ1) is 9.45. The number of nitriles is 1. The molecule has 0 aliphatic heterocycles. The van der Waals surface area contributed by atoms with E-state index in [2.05, 4.69) is 0 Å². The van der Waals surface area contributed by atoms with Crippen LogP contribution in [-0.2, 0) is 10.0 Å². The van der Waals surface area contributed by atoms with Crippen LogP contribution in [0.1, 0.15) is 18.4 Å². The number of benzene rings is 1. The van der Waals surface area contributed by atoms with E-state index in [9.17, 15) is 8.42 Å². The fourth-order valence-electron chi connectivity index (χ4n) is 1.56. The summed E-state index contributed by atoms with van der Waals surface area (Å²) in [5, 5.41) is 8.41. The van der Waals surface area contributed by atoms with E-state index in [4.69, 9.17) is 10.00 Å². The molecule has 1 aromatic carbocycles. The maximum atomic E-state index is 11.9. The van der Waals surface area contributed by atoms with Crippen LogP contribution in [0, 0.1) is 18.3 Å². The average Bonchev–Trinajstić information content (AvgIpc) is 2.41. The summed E-state index contributed by atoms with van der Waals surface area (Å²) in [6.07, 6.45) is 0.620. The minimum atomic E-state index is -3.29. The van der Waals surface area contributed by atoms with E-state index in [1.807, 2.05) is 37.3 Å². The molecule has 0 heterocycles. The van der Waals surface area contributed by atoms with Crippen LogP contribution in [0.3, 0.4) is 0 Å². The number of aryl methyl sites for hydroxylation is 1. The molecule has 0 radical (unpaired) electrons. The number of likely N-dealkylation sites (N-methyl/N-ethyl adjacent to an activating group) is 1. The normalized spacial score (nSPS) is 11.3. The maximum Gasteiger partial charge on any atom is 0.213 e. The highest BCUT2D eigenvalue weighted by molar-refractivity contribution is 7.89. The molecule has 0 N–H and O–H groups in total. The quantitative estimate of drug-likeness (QED) is 0.687. The number of unbranched alkanes of at least 4 members (excludes halogenated alkanes) is 1. The smallest absolute Gasteiger partial charge is 0.213 e. The summed E-state index contributed by atoms with van der Waals surface area (Å²) in [6, 6.07) is 9.54. The van der Waals surface area contributed by atoms with Crippen LogP contribution in [0.15, 0.2) is 24.3 Å². The van der Waals surface area contributed by atoms with E-state index in [0.717, 1.165) is 11.3 Å². The molecule has 0 aliphatic rings. The average molecular weight is 296 g/mol. The molecule has 20 heavy (non-hydrogen) atoms. The van der Waals surface area contributed by atoms with E-state index in [-0.39, 0.29) is 12.2 Å². The lowest BCUT2D eigenvalue weighted by atomic mass is 10.2. The van der Waals surface area contributed by atoms with Gasteiger partial charge in [-0.25, -0.2) is 12.7 Å². The van der Waals surface area contributed by atoms with Crippen LogP contribution >= 0.6 is 0 Å².